The van der Waals surface area contributed by atoms with Crippen LogP contribution in [0.3, 0.4) is 0 Å². The third kappa shape index (κ3) is 19.3. The first-order valence-corrected chi connectivity index (χ1v) is 30.4. The molecule has 0 bridgehead atoms. The molecule has 4 aromatic rings. The van der Waals surface area contributed by atoms with Gasteiger partial charge in [0, 0.05) is 31.0 Å². The van der Waals surface area contributed by atoms with Crippen LogP contribution < -0.4 is 47.2 Å². The predicted octanol–water partition coefficient (Wildman–Crippen LogP) is 5.94. The van der Waals surface area contributed by atoms with Crippen LogP contribution in [0.5, 0.6) is 5.75 Å². The maximum Gasteiger partial charge on any atom is 0.426 e. The summed E-state index contributed by atoms with van der Waals surface area (Å²) in [6, 6.07) is 18.4. The number of nitrogens with one attached hydrogen (secondary N) is 7. The van der Waals surface area contributed by atoms with Crippen molar-refractivity contribution in [3.05, 3.63) is 118 Å². The van der Waals surface area contributed by atoms with Crippen LogP contribution in [-0.2, 0) is 61.2 Å². The van der Waals surface area contributed by atoms with Gasteiger partial charge < -0.3 is 56.4 Å². The van der Waals surface area contributed by atoms with Crippen LogP contribution in [0.2, 0.25) is 0 Å². The number of alkyl carbamates (subject to hydrolysis) is 1. The lowest BCUT2D eigenvalue weighted by Gasteiger charge is -2.28. The van der Waals surface area contributed by atoms with Gasteiger partial charge in [0.1, 0.15) is 47.3 Å². The zero-order valence-electron chi connectivity index (χ0n) is 51.6. The highest BCUT2D eigenvalue weighted by Crippen LogP contribution is 2.45. The molecule has 1 aliphatic carbocycles. The summed E-state index contributed by atoms with van der Waals surface area (Å²) in [5.74, 6) is -5.58. The number of carboxylic acid groups (broad SMARTS) is 1. The van der Waals surface area contributed by atoms with Crippen molar-refractivity contribution in [2.75, 3.05) is 26.2 Å². The number of guanidine groups is 1. The van der Waals surface area contributed by atoms with E-state index in [1.807, 2.05) is 62.4 Å². The lowest BCUT2D eigenvalue weighted by molar-refractivity contribution is -0.158. The predicted molar refractivity (Wildman–Crippen MR) is 326 cm³/mol. The summed E-state index contributed by atoms with van der Waals surface area (Å²) in [5.41, 5.74) is 13.2. The molecule has 0 aromatic heterocycles. The smallest absolute Gasteiger partial charge is 0.426 e. The molecular formula is C62H82N10O15S. The number of ether oxygens (including phenoxy) is 4. The third-order valence-corrected chi connectivity index (χ3v) is 15.8. The molecule has 1 heterocycles. The summed E-state index contributed by atoms with van der Waals surface area (Å²) >= 11 is 0. The summed E-state index contributed by atoms with van der Waals surface area (Å²) in [4.78, 5) is 112. The minimum Gasteiger partial charge on any atom is -0.487 e. The second kappa shape index (κ2) is 29.2. The fraction of sp³-hybridized carbons (Fsp3) is 0.468. The Morgan fingerprint density at radius 3 is 1.94 bits per heavy atom. The van der Waals surface area contributed by atoms with E-state index in [0.29, 0.717) is 34.4 Å². The quantitative estimate of drug-likeness (QED) is 0.00979. The number of urea groups is 1. The van der Waals surface area contributed by atoms with E-state index in [9.17, 15) is 51.9 Å². The van der Waals surface area contributed by atoms with E-state index >= 15 is 0 Å². The summed E-state index contributed by atoms with van der Waals surface area (Å²) in [6.07, 6.45) is -2.46. The standard InChI is InChI=1S/C62H82N10O15S/c1-36-37(2)52(38(3)44-32-62(10,11)86-51(36)44)88(82,83)71-56(63)64-29-19-27-46(53(75)66-33-49(73)67-48(55(77)78)31-50(74)85-60(4,5)6)68-54(76)47(28-20-30-65-58(80)87-61(7,8)9)69-57(79)72(34-39-21-13-12-14-22-39)70-59(81)84-35-45-42-25-17-15-23-40(42)41-24-16-18-26-43(41)45/h12-18,21-26,45-48H,19-20,27-35H2,1-11H3,(H,65,80)(H,66,75)(H,67,73)(H,68,76)(H,69,79)(H,70,81)(H,77,78)(H3,63,64,71)/t46-,47-,48-/m0/s1. The number of hydrazine groups is 1. The number of carbonyl (C=O) groups excluding carboxylic acids is 7. The van der Waals surface area contributed by atoms with Crippen LogP contribution in [0.4, 0.5) is 14.4 Å². The summed E-state index contributed by atoms with van der Waals surface area (Å²) in [6.45, 7) is 17.3. The van der Waals surface area contributed by atoms with E-state index in [4.69, 9.17) is 24.7 Å². The topological polar surface area (TPSA) is 354 Å². The number of carbonyl (C=O) groups is 8. The van der Waals surface area contributed by atoms with Crippen LogP contribution in [0.15, 0.2) is 88.8 Å². The number of amides is 7. The van der Waals surface area contributed by atoms with Gasteiger partial charge in [-0.15, -0.1) is 0 Å². The average Bonchev–Trinajstić information content (AvgIpc) is 1.66. The molecule has 0 fully saturated rings. The first-order valence-electron chi connectivity index (χ1n) is 28.9. The third-order valence-electron chi connectivity index (χ3n) is 14.2. The molecule has 2 aliphatic rings. The Balaban J connectivity index is 1.23. The highest BCUT2D eigenvalue weighted by Gasteiger charge is 2.38. The van der Waals surface area contributed by atoms with Crippen LogP contribution in [0, 0.1) is 20.8 Å². The molecule has 10 N–H and O–H groups in total. The molecule has 0 radical (unpaired) electrons. The molecule has 26 heteroatoms. The molecule has 25 nitrogen and oxygen atoms in total. The van der Waals surface area contributed by atoms with Gasteiger partial charge in [0.15, 0.2) is 0 Å². The lowest BCUT2D eigenvalue weighted by atomic mass is 9.94. The normalized spacial score (nSPS) is 14.4. The van der Waals surface area contributed by atoms with Gasteiger partial charge in [-0.05, 0) is 146 Å². The monoisotopic (exact) mass is 1240 g/mol. The Morgan fingerprint density at radius 2 is 1.33 bits per heavy atom. The lowest BCUT2D eigenvalue weighted by Crippen LogP contribution is -2.58. The van der Waals surface area contributed by atoms with Gasteiger partial charge in [0.2, 0.25) is 23.7 Å². The number of fused-ring (bicyclic) bond motifs is 4. The fourth-order valence-electron chi connectivity index (χ4n) is 10.2. The molecule has 3 atom stereocenters. The fourth-order valence-corrected chi connectivity index (χ4v) is 11.7. The van der Waals surface area contributed by atoms with Gasteiger partial charge in [-0.1, -0.05) is 78.9 Å². The molecule has 0 spiro atoms. The van der Waals surface area contributed by atoms with E-state index < -0.39 is 112 Å². The maximum atomic E-state index is 14.7. The van der Waals surface area contributed by atoms with Gasteiger partial charge in [-0.2, -0.15) is 0 Å². The van der Waals surface area contributed by atoms with E-state index in [2.05, 4.69) is 41.7 Å². The minimum atomic E-state index is -4.31. The van der Waals surface area contributed by atoms with Crippen LogP contribution in [0.25, 0.3) is 11.1 Å². The zero-order valence-corrected chi connectivity index (χ0v) is 52.5. The van der Waals surface area contributed by atoms with Crippen molar-refractivity contribution >= 4 is 63.9 Å². The number of esters is 1. The number of carboxylic acids is 1. The molecule has 0 unspecified atom stereocenters. The maximum absolute atomic E-state index is 14.7. The van der Waals surface area contributed by atoms with Crippen molar-refractivity contribution in [2.45, 2.75) is 167 Å². The van der Waals surface area contributed by atoms with E-state index in [-0.39, 0.29) is 62.7 Å². The Labute approximate surface area is 513 Å². The number of nitrogens with two attached hydrogens (primary N) is 1. The molecule has 6 rings (SSSR count). The first kappa shape index (κ1) is 68.2. The van der Waals surface area contributed by atoms with E-state index in [1.165, 1.54) is 0 Å². The highest BCUT2D eigenvalue weighted by molar-refractivity contribution is 7.90. The van der Waals surface area contributed by atoms with Crippen LogP contribution >= 0.6 is 0 Å². The van der Waals surface area contributed by atoms with Crippen LogP contribution in [-0.4, -0.2) is 134 Å². The Hall–Kier alpha value is -8.94. The van der Waals surface area contributed by atoms with Crippen molar-refractivity contribution in [1.82, 2.24) is 41.7 Å². The van der Waals surface area contributed by atoms with Gasteiger partial charge in [0.05, 0.1) is 24.4 Å². The molecule has 88 heavy (non-hydrogen) atoms. The number of benzene rings is 4. The van der Waals surface area contributed by atoms with Gasteiger partial charge in [-0.3, -0.25) is 24.2 Å². The molecular weight excluding hydrogens is 1160 g/mol. The largest absolute Gasteiger partial charge is 0.487 e. The SMILES string of the molecule is Cc1c(C)c(S(=O)(=O)NC(N)=NCCC[C@H](NC(=O)[C@H](CCCNC(=O)OC(C)(C)C)NC(=O)N(Cc2ccccc2)NC(=O)OCC2c3ccccc3-c3ccccc32)C(=O)NCC(=O)N[C@@H](CC(=O)OC(C)(C)C)C(=O)O)c(C)c2c1OC(C)(C)C2. The number of aliphatic carboxylic acids is 1. The second-order valence-electron chi connectivity index (χ2n) is 24.2. The van der Waals surface area contributed by atoms with E-state index in [1.54, 1.807) is 92.6 Å². The van der Waals surface area contributed by atoms with Crippen molar-refractivity contribution < 1.29 is 70.8 Å². The second-order valence-corrected chi connectivity index (χ2v) is 25.8. The van der Waals surface area contributed by atoms with Gasteiger partial charge in [-0.25, -0.2) is 42.8 Å². The number of hydrogen-bond acceptors (Lipinski definition) is 15. The number of aliphatic imine (C=N–C) groups is 1. The van der Waals surface area contributed by atoms with Crippen molar-refractivity contribution in [3.63, 3.8) is 0 Å². The molecule has 7 amide bonds. The van der Waals surface area contributed by atoms with Crippen LogP contribution in [0.1, 0.15) is 132 Å². The molecule has 0 saturated heterocycles. The minimum absolute atomic E-state index is 0.0182. The van der Waals surface area contributed by atoms with Gasteiger partial charge in [0.25, 0.3) is 10.0 Å². The van der Waals surface area contributed by atoms with E-state index in [0.717, 1.165) is 32.8 Å². The molecule has 476 valence electrons. The Kier molecular flexibility index (Phi) is 22.6. The number of rotatable bonds is 24. The Morgan fingerprint density at radius 1 is 0.739 bits per heavy atom. The average molecular weight is 1240 g/mol. The Bertz CT molecular complexity index is 3350. The number of sulfonamides is 1. The highest BCUT2D eigenvalue weighted by atomic mass is 32.2. The molecule has 1 aliphatic heterocycles. The van der Waals surface area contributed by atoms with Gasteiger partial charge >= 0.3 is 30.2 Å². The molecule has 4 aromatic carbocycles. The van der Waals surface area contributed by atoms with Crippen molar-refractivity contribution in [1.29, 1.82) is 0 Å². The zero-order chi connectivity index (χ0) is 64.9. The summed E-state index contributed by atoms with van der Waals surface area (Å²) < 4.78 is 52.8. The number of nitrogens with zero attached hydrogens (tertiary/aromatic N) is 2. The van der Waals surface area contributed by atoms with Crippen molar-refractivity contribution in [3.8, 4) is 16.9 Å². The van der Waals surface area contributed by atoms with Crippen molar-refractivity contribution in [2.24, 2.45) is 10.7 Å². The molecule has 0 saturated carbocycles. The summed E-state index contributed by atoms with van der Waals surface area (Å²) in [7, 11) is -4.31. The number of hydrogen-bond donors (Lipinski definition) is 9. The first-order chi connectivity index (χ1) is 41.2. The summed E-state index contributed by atoms with van der Waals surface area (Å²) in [5, 5.41) is 23.2.